The van der Waals surface area contributed by atoms with Gasteiger partial charge in [-0.25, -0.2) is 9.97 Å². The first-order chi connectivity index (χ1) is 30.5. The van der Waals surface area contributed by atoms with E-state index in [9.17, 15) is 40.6 Å². The molecule has 0 aliphatic rings. The number of azo groups is 2. The van der Waals surface area contributed by atoms with Gasteiger partial charge in [0.2, 0.25) is 32.2 Å². The molecule has 0 atom stereocenters. The lowest BCUT2D eigenvalue weighted by atomic mass is 10.2. The first-order valence-electron chi connectivity index (χ1n) is 18.7. The number of carbonyl (C=O) groups excluding carboxylic acids is 2. The van der Waals surface area contributed by atoms with Gasteiger partial charge in [0.1, 0.15) is 32.6 Å². The highest BCUT2D eigenvalue weighted by Gasteiger charge is 2.24. The van der Waals surface area contributed by atoms with Crippen LogP contribution in [-0.4, -0.2) is 121 Å². The molecule has 24 nitrogen and oxygen atoms in total. The molecule has 5 rings (SSSR count). The van der Waals surface area contributed by atoms with Crippen LogP contribution in [0, 0.1) is 0 Å². The minimum atomic E-state index is -4.84. The molecule has 342 valence electrons. The summed E-state index contributed by atoms with van der Waals surface area (Å²) in [6.07, 6.45) is 0.451. The van der Waals surface area contributed by atoms with Gasteiger partial charge in [0.05, 0.1) is 43.6 Å². The molecule has 5 N–H and O–H groups in total. The molecule has 0 unspecified atom stereocenters. The molecule has 0 aliphatic carbocycles. The van der Waals surface area contributed by atoms with Crippen molar-refractivity contribution in [3.63, 3.8) is 0 Å². The van der Waals surface area contributed by atoms with E-state index >= 15 is 0 Å². The predicted molar refractivity (Wildman–Crippen MR) is 240 cm³/mol. The van der Waals surface area contributed by atoms with E-state index in [2.05, 4.69) is 56.0 Å². The zero-order chi connectivity index (χ0) is 46.8. The molecule has 5 aromatic rings. The number of nitrogens with one attached hydrogen (secondary N) is 2. The Morgan fingerprint density at radius 1 is 0.672 bits per heavy atom. The summed E-state index contributed by atoms with van der Waals surface area (Å²) in [5.41, 5.74) is 2.08. The number of hydrogen-bond donors (Lipinski definition) is 5. The van der Waals surface area contributed by atoms with Crippen molar-refractivity contribution in [3.8, 4) is 11.5 Å². The Bertz CT molecular complexity index is 2600. The molecule has 0 saturated heterocycles. The van der Waals surface area contributed by atoms with E-state index in [1.54, 1.807) is 24.3 Å². The van der Waals surface area contributed by atoms with E-state index in [0.717, 1.165) is 11.8 Å². The van der Waals surface area contributed by atoms with Crippen LogP contribution in [0.25, 0.3) is 0 Å². The van der Waals surface area contributed by atoms with Crippen LogP contribution in [0.1, 0.15) is 47.0 Å². The lowest BCUT2D eigenvalue weighted by Gasteiger charge is -2.25. The maximum Gasteiger partial charge on any atom is 0.313 e. The number of carbonyl (C=O) groups is 2. The largest absolute Gasteiger partial charge is 0.494 e. The van der Waals surface area contributed by atoms with Gasteiger partial charge in [-0.15, -0.1) is 20.5 Å². The average molecular weight is 980 g/mol. The van der Waals surface area contributed by atoms with Crippen molar-refractivity contribution in [2.24, 2.45) is 20.5 Å². The molecule has 0 saturated carbocycles. The Morgan fingerprint density at radius 2 is 1.08 bits per heavy atom. The summed E-state index contributed by atoms with van der Waals surface area (Å²) in [6, 6.07) is 6.53. The van der Waals surface area contributed by atoms with Crippen LogP contribution < -0.4 is 29.9 Å². The average Bonchev–Trinajstić information content (AvgIpc) is 3.91. The Labute approximate surface area is 378 Å². The van der Waals surface area contributed by atoms with Crippen molar-refractivity contribution in [1.29, 1.82) is 0 Å². The molecule has 64 heavy (non-hydrogen) atoms. The molecule has 0 amide bonds. The number of anilines is 6. The van der Waals surface area contributed by atoms with Gasteiger partial charge < -0.3 is 35.0 Å². The highest BCUT2D eigenvalue weighted by atomic mass is 32.2. The predicted octanol–water partition coefficient (Wildman–Crippen LogP) is 7.02. The van der Waals surface area contributed by atoms with E-state index in [1.165, 1.54) is 14.2 Å². The quantitative estimate of drug-likeness (QED) is 0.0190. The molecular formula is C35H41N13O11S5. The molecule has 0 radical (unpaired) electrons. The first kappa shape index (κ1) is 49.2. The van der Waals surface area contributed by atoms with Crippen molar-refractivity contribution in [2.75, 3.05) is 73.2 Å². The third-order valence-electron chi connectivity index (χ3n) is 8.64. The summed E-state index contributed by atoms with van der Waals surface area (Å²) in [5.74, 6) is 0.935. The third kappa shape index (κ3) is 11.8. The minimum Gasteiger partial charge on any atom is -0.494 e. The van der Waals surface area contributed by atoms with Crippen molar-refractivity contribution < 1.29 is 50.1 Å². The number of ether oxygens (including phenoxy) is 2. The highest BCUT2D eigenvalue weighted by Crippen LogP contribution is 2.43. The zero-order valence-electron chi connectivity index (χ0n) is 34.8. The molecule has 2 aromatic carbocycles. The van der Waals surface area contributed by atoms with Gasteiger partial charge in [0, 0.05) is 44.1 Å². The van der Waals surface area contributed by atoms with Crippen molar-refractivity contribution in [3.05, 3.63) is 34.0 Å². The number of aldehydes is 2. The van der Waals surface area contributed by atoms with E-state index < -0.39 is 30.3 Å². The van der Waals surface area contributed by atoms with Crippen molar-refractivity contribution in [1.82, 2.24) is 24.9 Å². The number of aliphatic hydroxyl groups is 1. The van der Waals surface area contributed by atoms with Crippen molar-refractivity contribution >= 4 is 124 Å². The molecular weight excluding hydrogens is 939 g/mol. The normalized spacial score (nSPS) is 11.9. The number of thioether (sulfide) groups is 1. The fourth-order valence-electron chi connectivity index (χ4n) is 5.75. The second kappa shape index (κ2) is 21.7. The zero-order valence-corrected chi connectivity index (χ0v) is 38.9. The molecule has 0 aliphatic heterocycles. The number of aromatic nitrogens is 5. The maximum absolute atomic E-state index is 11.8. The van der Waals surface area contributed by atoms with Gasteiger partial charge in [-0.3, -0.25) is 18.7 Å². The first-order valence-corrected chi connectivity index (χ1v) is 24.2. The van der Waals surface area contributed by atoms with Crippen LogP contribution in [0.4, 0.5) is 56.3 Å². The molecule has 3 heterocycles. The summed E-state index contributed by atoms with van der Waals surface area (Å²) in [6.45, 7) is 9.93. The summed E-state index contributed by atoms with van der Waals surface area (Å²) < 4.78 is 77.9. The number of benzene rings is 2. The Morgan fingerprint density at radius 3 is 1.39 bits per heavy atom. The SMILES string of the molecule is CCN(CC)c1cc(Nc2nc(Nc3cc(N(CC)CC)c(OC)cc3N=Nc3nc(S(=O)(=O)O)c(C=O)s3)nc(SCCO)n2)c(N=Nc2nc(S(=O)(=O)O)c(C=O)s2)cc1OC. The van der Waals surface area contributed by atoms with E-state index in [0.29, 0.717) is 71.7 Å². The second-order valence-electron chi connectivity index (χ2n) is 12.4. The van der Waals surface area contributed by atoms with E-state index in [-0.39, 0.29) is 84.8 Å². The third-order valence-corrected chi connectivity index (χ3v) is 13.1. The summed E-state index contributed by atoms with van der Waals surface area (Å²) >= 11 is 2.29. The lowest BCUT2D eigenvalue weighted by Crippen LogP contribution is -2.22. The van der Waals surface area contributed by atoms with Gasteiger partial charge in [-0.05, 0) is 39.8 Å². The monoisotopic (exact) mass is 979 g/mol. The van der Waals surface area contributed by atoms with Crippen LogP contribution in [0.2, 0.25) is 0 Å². The van der Waals surface area contributed by atoms with Gasteiger partial charge in [0.25, 0.3) is 0 Å². The topological polar surface area (TPSA) is 326 Å². The van der Waals surface area contributed by atoms with E-state index in [4.69, 9.17) is 9.47 Å². The van der Waals surface area contributed by atoms with Crippen LogP contribution in [0.3, 0.4) is 0 Å². The van der Waals surface area contributed by atoms with Crippen LogP contribution in [-0.2, 0) is 20.2 Å². The number of nitrogens with zero attached hydrogens (tertiary/aromatic N) is 11. The number of rotatable bonds is 23. The number of aliphatic hydroxyl groups excluding tert-OH is 1. The fourth-order valence-corrected chi connectivity index (χ4v) is 9.53. The van der Waals surface area contributed by atoms with Gasteiger partial charge >= 0.3 is 20.2 Å². The van der Waals surface area contributed by atoms with Gasteiger partial charge in [-0.1, -0.05) is 34.4 Å². The van der Waals surface area contributed by atoms with Crippen LogP contribution in [0.15, 0.2) is 59.9 Å². The number of methoxy groups -OCH3 is 2. The smallest absolute Gasteiger partial charge is 0.313 e. The number of hydrogen-bond acceptors (Lipinski definition) is 25. The minimum absolute atomic E-state index is 0.0289. The molecule has 0 bridgehead atoms. The van der Waals surface area contributed by atoms with Gasteiger partial charge in [0.15, 0.2) is 17.7 Å². The Kier molecular flexibility index (Phi) is 16.7. The van der Waals surface area contributed by atoms with E-state index in [1.807, 2.05) is 37.5 Å². The maximum atomic E-state index is 11.8. The number of thiazole rings is 2. The lowest BCUT2D eigenvalue weighted by molar-refractivity contribution is 0.111. The summed E-state index contributed by atoms with van der Waals surface area (Å²) in [7, 11) is -6.75. The summed E-state index contributed by atoms with van der Waals surface area (Å²) in [5, 5.41) is 30.6. The molecule has 0 fully saturated rings. The second-order valence-corrected chi connectivity index (χ2v) is 18.2. The van der Waals surface area contributed by atoms with Crippen molar-refractivity contribution in [2.45, 2.75) is 42.9 Å². The molecule has 0 spiro atoms. The molecule has 3 aromatic heterocycles. The molecule has 29 heteroatoms. The van der Waals surface area contributed by atoms with Crippen LogP contribution in [0.5, 0.6) is 11.5 Å². The van der Waals surface area contributed by atoms with Gasteiger partial charge in [-0.2, -0.15) is 31.8 Å². The standard InChI is InChI=1S/C35H41N13O11S5/c1-7-47(8-2)23-13-19(21(15-25(23)58-5)43-45-34-38-29(63(52,53)54)27(17-50)61-34)36-31-40-32(42-33(41-31)60-12-11-49)37-20-14-24(48(9-3)10-4)26(59-6)16-22(20)44-46-35-39-30(64(55,56)57)28(18-51)62-35/h13-18,49H,7-12H2,1-6H3,(H,52,53,54)(H,55,56,57)(H2,36,37,40,41,42). The van der Waals surface area contributed by atoms with Crippen LogP contribution >= 0.6 is 34.4 Å². The fraction of sp³-hybridized carbons (Fsp3) is 0.343. The Balaban J connectivity index is 1.66. The highest BCUT2D eigenvalue weighted by molar-refractivity contribution is 7.99. The summed E-state index contributed by atoms with van der Waals surface area (Å²) in [4.78, 5) is 47.7. The Hall–Kier alpha value is -5.82.